The molecule has 7 heteroatoms. The molecule has 0 spiro atoms. The molecule has 0 saturated carbocycles. The van der Waals surface area contributed by atoms with Gasteiger partial charge >= 0.3 is 6.09 Å². The average Bonchev–Trinajstić information content (AvgIpc) is 2.56. The maximum Gasteiger partial charge on any atom is 0.409 e. The van der Waals surface area contributed by atoms with Crippen LogP contribution in [0.3, 0.4) is 0 Å². The largest absolute Gasteiger partial charge is 0.450 e. The Kier molecular flexibility index (Phi) is 6.87. The monoisotopic (exact) mass is 353 g/mol. The Morgan fingerprint density at radius 1 is 1.21 bits per heavy atom. The number of carbonyl (C=O) groups is 2. The minimum Gasteiger partial charge on any atom is -0.450 e. The van der Waals surface area contributed by atoms with E-state index >= 15 is 0 Å². The smallest absolute Gasteiger partial charge is 0.409 e. The molecule has 2 amide bonds. The van der Waals surface area contributed by atoms with Crippen molar-refractivity contribution in [3.05, 3.63) is 34.9 Å². The Hall–Kier alpha value is -1.79. The zero-order chi connectivity index (χ0) is 17.5. The molecule has 1 aliphatic rings. The molecule has 24 heavy (non-hydrogen) atoms. The number of piperazine rings is 1. The van der Waals surface area contributed by atoms with E-state index in [0.717, 1.165) is 5.56 Å². The van der Waals surface area contributed by atoms with Crippen molar-refractivity contribution in [1.82, 2.24) is 15.1 Å². The first-order valence-corrected chi connectivity index (χ1v) is 8.56. The summed E-state index contributed by atoms with van der Waals surface area (Å²) in [7, 11) is 0. The molecule has 1 saturated heterocycles. The van der Waals surface area contributed by atoms with Gasteiger partial charge in [0.05, 0.1) is 19.2 Å². The van der Waals surface area contributed by atoms with Crippen LogP contribution in [-0.2, 0) is 9.53 Å². The Morgan fingerprint density at radius 3 is 2.42 bits per heavy atom. The van der Waals surface area contributed by atoms with E-state index in [-0.39, 0.29) is 18.0 Å². The fourth-order valence-corrected chi connectivity index (χ4v) is 2.75. The molecule has 2 rings (SSSR count). The molecule has 0 unspecified atom stereocenters. The molecule has 1 N–H and O–H groups in total. The first kappa shape index (κ1) is 18.5. The van der Waals surface area contributed by atoms with Gasteiger partial charge in [0.25, 0.3) is 0 Å². The van der Waals surface area contributed by atoms with Crippen LogP contribution in [0.25, 0.3) is 0 Å². The molecule has 0 radical (unpaired) electrons. The van der Waals surface area contributed by atoms with Gasteiger partial charge < -0.3 is 15.0 Å². The van der Waals surface area contributed by atoms with Crippen molar-refractivity contribution in [2.75, 3.05) is 39.3 Å². The second-order valence-electron chi connectivity index (χ2n) is 5.80. The van der Waals surface area contributed by atoms with Gasteiger partial charge in [-0.15, -0.1) is 0 Å². The van der Waals surface area contributed by atoms with E-state index in [1.165, 1.54) is 0 Å². The molecule has 1 aromatic rings. The molecule has 0 aromatic heterocycles. The predicted molar refractivity (Wildman–Crippen MR) is 93.0 cm³/mol. The molecule has 1 aliphatic heterocycles. The van der Waals surface area contributed by atoms with Crippen molar-refractivity contribution in [3.63, 3.8) is 0 Å². The molecular weight excluding hydrogens is 330 g/mol. The lowest BCUT2D eigenvalue weighted by molar-refractivity contribution is -0.123. The van der Waals surface area contributed by atoms with E-state index in [1.54, 1.807) is 11.8 Å². The highest BCUT2D eigenvalue weighted by Gasteiger charge is 2.23. The fraction of sp³-hybridized carbons (Fsp3) is 0.529. The van der Waals surface area contributed by atoms with Crippen molar-refractivity contribution in [2.45, 2.75) is 19.9 Å². The van der Waals surface area contributed by atoms with Gasteiger partial charge in [-0.2, -0.15) is 0 Å². The van der Waals surface area contributed by atoms with E-state index in [2.05, 4.69) is 5.32 Å². The van der Waals surface area contributed by atoms with Crippen LogP contribution in [0.15, 0.2) is 24.3 Å². The third-order valence-electron chi connectivity index (χ3n) is 4.01. The van der Waals surface area contributed by atoms with Crippen LogP contribution in [0.4, 0.5) is 4.79 Å². The van der Waals surface area contributed by atoms with E-state index in [9.17, 15) is 9.59 Å². The van der Waals surface area contributed by atoms with E-state index < -0.39 is 0 Å². The first-order chi connectivity index (χ1) is 11.5. The molecule has 1 atom stereocenters. The van der Waals surface area contributed by atoms with Crippen LogP contribution in [-0.4, -0.2) is 61.1 Å². The summed E-state index contributed by atoms with van der Waals surface area (Å²) >= 11 is 5.87. The van der Waals surface area contributed by atoms with Crippen LogP contribution >= 0.6 is 11.6 Å². The molecule has 6 nitrogen and oxygen atoms in total. The Labute approximate surface area is 147 Å². The Balaban J connectivity index is 1.75. The van der Waals surface area contributed by atoms with Gasteiger partial charge in [-0.1, -0.05) is 23.7 Å². The average molecular weight is 354 g/mol. The summed E-state index contributed by atoms with van der Waals surface area (Å²) in [6.45, 7) is 6.94. The molecule has 0 bridgehead atoms. The van der Waals surface area contributed by atoms with E-state index in [4.69, 9.17) is 16.3 Å². The van der Waals surface area contributed by atoms with Crippen molar-refractivity contribution >= 4 is 23.6 Å². The number of halogens is 1. The fourth-order valence-electron chi connectivity index (χ4n) is 2.63. The minimum atomic E-state index is -0.280. The number of nitrogens with zero attached hydrogens (tertiary/aromatic N) is 2. The standard InChI is InChI=1S/C17H24ClN3O3/c1-3-24-17(23)21-10-8-20(9-11-21)12-16(22)19-13(2)14-4-6-15(18)7-5-14/h4-7,13H,3,8-12H2,1-2H3,(H,19,22)/t13-/m0/s1. The van der Waals surface area contributed by atoms with E-state index in [1.807, 2.05) is 36.1 Å². The number of carbonyl (C=O) groups excluding carboxylic acids is 2. The lowest BCUT2D eigenvalue weighted by Gasteiger charge is -2.33. The lowest BCUT2D eigenvalue weighted by atomic mass is 10.1. The van der Waals surface area contributed by atoms with Gasteiger partial charge in [-0.25, -0.2) is 4.79 Å². The van der Waals surface area contributed by atoms with Gasteiger partial charge in [-0.3, -0.25) is 9.69 Å². The highest BCUT2D eigenvalue weighted by Crippen LogP contribution is 2.16. The second kappa shape index (κ2) is 8.89. The summed E-state index contributed by atoms with van der Waals surface area (Å²) in [5.41, 5.74) is 1.01. The lowest BCUT2D eigenvalue weighted by Crippen LogP contribution is -2.51. The molecule has 1 heterocycles. The summed E-state index contributed by atoms with van der Waals surface area (Å²) in [5.74, 6) is -0.0259. The van der Waals surface area contributed by atoms with Gasteiger partial charge in [0.1, 0.15) is 0 Å². The minimum absolute atomic E-state index is 0.0259. The number of amides is 2. The van der Waals surface area contributed by atoms with Crippen LogP contribution in [0.5, 0.6) is 0 Å². The third-order valence-corrected chi connectivity index (χ3v) is 4.26. The predicted octanol–water partition coefficient (Wildman–Crippen LogP) is 2.29. The number of benzene rings is 1. The van der Waals surface area contributed by atoms with Gasteiger partial charge in [0.2, 0.25) is 5.91 Å². The maximum absolute atomic E-state index is 12.2. The van der Waals surface area contributed by atoms with Crippen LogP contribution < -0.4 is 5.32 Å². The molecule has 1 aromatic carbocycles. The first-order valence-electron chi connectivity index (χ1n) is 8.18. The highest BCUT2D eigenvalue weighted by molar-refractivity contribution is 6.30. The molecular formula is C17H24ClN3O3. The highest BCUT2D eigenvalue weighted by atomic mass is 35.5. The normalized spacial score (nSPS) is 16.5. The third kappa shape index (κ3) is 5.39. The number of ether oxygens (including phenoxy) is 1. The van der Waals surface area contributed by atoms with Crippen molar-refractivity contribution in [2.24, 2.45) is 0 Å². The number of hydrogen-bond donors (Lipinski definition) is 1. The van der Waals surface area contributed by atoms with E-state index in [0.29, 0.717) is 44.4 Å². The Bertz CT molecular complexity index is 557. The second-order valence-corrected chi connectivity index (χ2v) is 6.24. The van der Waals surface area contributed by atoms with Gasteiger partial charge in [0, 0.05) is 31.2 Å². The Morgan fingerprint density at radius 2 is 1.83 bits per heavy atom. The summed E-state index contributed by atoms with van der Waals surface area (Å²) in [4.78, 5) is 27.6. The van der Waals surface area contributed by atoms with Crippen LogP contribution in [0, 0.1) is 0 Å². The van der Waals surface area contributed by atoms with Gasteiger partial charge in [0.15, 0.2) is 0 Å². The molecule has 132 valence electrons. The summed E-state index contributed by atoms with van der Waals surface area (Å²) in [6.07, 6.45) is -0.280. The number of nitrogens with one attached hydrogen (secondary N) is 1. The zero-order valence-corrected chi connectivity index (χ0v) is 14.9. The van der Waals surface area contributed by atoms with Crippen molar-refractivity contribution in [3.8, 4) is 0 Å². The summed E-state index contributed by atoms with van der Waals surface area (Å²) in [6, 6.07) is 7.37. The van der Waals surface area contributed by atoms with Crippen molar-refractivity contribution in [1.29, 1.82) is 0 Å². The van der Waals surface area contributed by atoms with Crippen LogP contribution in [0.2, 0.25) is 5.02 Å². The number of hydrogen-bond acceptors (Lipinski definition) is 4. The molecule has 1 fully saturated rings. The molecule has 0 aliphatic carbocycles. The topological polar surface area (TPSA) is 61.9 Å². The maximum atomic E-state index is 12.2. The quantitative estimate of drug-likeness (QED) is 0.882. The summed E-state index contributed by atoms with van der Waals surface area (Å²) in [5, 5.41) is 3.67. The van der Waals surface area contributed by atoms with Crippen molar-refractivity contribution < 1.29 is 14.3 Å². The summed E-state index contributed by atoms with van der Waals surface area (Å²) < 4.78 is 4.99. The van der Waals surface area contributed by atoms with Crippen LogP contribution in [0.1, 0.15) is 25.5 Å². The number of rotatable bonds is 5. The SMILES string of the molecule is CCOC(=O)N1CCN(CC(=O)N[C@@H](C)c2ccc(Cl)cc2)CC1. The van der Waals surface area contributed by atoms with Gasteiger partial charge in [-0.05, 0) is 31.5 Å². The zero-order valence-electron chi connectivity index (χ0n) is 14.1.